The van der Waals surface area contributed by atoms with Crippen LogP contribution in [0.5, 0.6) is 0 Å². The molecule has 0 fully saturated rings. The maximum absolute atomic E-state index is 17.9. The molecule has 0 aromatic rings. The topological polar surface area (TPSA) is 751 Å². The number of rotatable bonds is 31. The summed E-state index contributed by atoms with van der Waals surface area (Å²) in [5.41, 5.74) is -72.0. The Morgan fingerprint density at radius 2 is 0.426 bits per heavy atom. The van der Waals surface area contributed by atoms with Crippen molar-refractivity contribution in [2.45, 2.75) is 103 Å². The van der Waals surface area contributed by atoms with Gasteiger partial charge in [0.15, 0.2) is 0 Å². The highest BCUT2D eigenvalue weighted by Gasteiger charge is 3.02. The summed E-state index contributed by atoms with van der Waals surface area (Å²) in [6.07, 6.45) is -36.4. The first-order valence-electron chi connectivity index (χ1n) is 25.8. The summed E-state index contributed by atoms with van der Waals surface area (Å²) in [4.78, 5) is 17.9. The first-order chi connectivity index (χ1) is 44.9. The molecule has 0 aromatic carbocycles. The van der Waals surface area contributed by atoms with Crippen LogP contribution < -0.4 is 0 Å². The molecule has 94 heavy (non-hydrogen) atoms. The molecule has 4 atom stereocenters. The van der Waals surface area contributed by atoms with Gasteiger partial charge in [-0.3, -0.25) is 4.79 Å². The molecule has 0 aliphatic rings. The largest absolute Gasteiger partial charge is 0.481 e. The van der Waals surface area contributed by atoms with E-state index in [1.807, 2.05) is 0 Å². The number of nitriles is 30. The number of hydrogen-bond donors (Lipinski definition) is 1. The molecule has 444 valence electrons. The van der Waals surface area contributed by atoms with E-state index in [1.54, 1.807) is 0 Å². The summed E-state index contributed by atoms with van der Waals surface area (Å²) in [5.74, 6) is -7.24. The number of carboxylic acid groups (broad SMARTS) is 1. The zero-order chi connectivity index (χ0) is 72.7. The van der Waals surface area contributed by atoms with Crippen LogP contribution in [0.2, 0.25) is 0 Å². The molecule has 0 aliphatic carbocycles. The van der Waals surface area contributed by atoms with E-state index in [-0.39, 0.29) is 0 Å². The van der Waals surface area contributed by atoms with E-state index in [9.17, 15) is 163 Å². The van der Waals surface area contributed by atoms with Crippen LogP contribution in [-0.4, -0.2) is 11.1 Å². The van der Waals surface area contributed by atoms with Gasteiger partial charge in [0.25, 0.3) is 0 Å². The molecule has 0 spiro atoms. The van der Waals surface area contributed by atoms with E-state index in [0.717, 1.165) is 18.2 Å². The highest BCUT2D eigenvalue weighted by atomic mass is 16.4. The lowest BCUT2D eigenvalue weighted by Crippen LogP contribution is -2.88. The third kappa shape index (κ3) is 9.13. The van der Waals surface area contributed by atoms with Crippen molar-refractivity contribution in [3.63, 3.8) is 0 Å². The fourth-order valence-corrected chi connectivity index (χ4v) is 14.8. The minimum absolute atomic E-state index is 1.12. The Morgan fingerprint density at radius 3 is 0.564 bits per heavy atom. The molecule has 0 radical (unpaired) electrons. The molecule has 0 aliphatic heterocycles. The van der Waals surface area contributed by atoms with Gasteiger partial charge in [-0.2, -0.15) is 158 Å². The van der Waals surface area contributed by atoms with Gasteiger partial charge in [0.05, 0.1) is 291 Å². The zero-order valence-corrected chi connectivity index (χ0v) is 48.7. The maximum atomic E-state index is 17.9. The Balaban J connectivity index is 16.7. The second-order valence-corrected chi connectivity index (χ2v) is 20.9. The second-order valence-electron chi connectivity index (χ2n) is 20.9. The summed E-state index contributed by atoms with van der Waals surface area (Å²) in [6.45, 7) is 0. The Bertz CT molecular complexity index is 4110. The van der Waals surface area contributed by atoms with Gasteiger partial charge in [-0.15, -0.1) is 0 Å². The van der Waals surface area contributed by atoms with Crippen molar-refractivity contribution >= 4 is 5.97 Å². The number of aliphatic carboxylic acids is 1. The monoisotopic (exact) mass is 1230 g/mol. The van der Waals surface area contributed by atoms with Crippen LogP contribution in [0, 0.1) is 422 Å². The molecule has 0 rings (SSSR count). The third-order valence-corrected chi connectivity index (χ3v) is 18.1. The molecule has 0 bridgehead atoms. The van der Waals surface area contributed by atoms with Crippen LogP contribution in [-0.2, 0) is 4.79 Å². The zero-order valence-electron chi connectivity index (χ0n) is 48.7. The summed E-state index contributed by atoms with van der Waals surface area (Å²) < 4.78 is 0. The molecule has 0 saturated heterocycles. The van der Waals surface area contributed by atoms with Crippen molar-refractivity contribution < 1.29 is 9.90 Å². The quantitative estimate of drug-likeness (QED) is 0.0779. The second kappa shape index (κ2) is 31.0. The van der Waals surface area contributed by atoms with Gasteiger partial charge in [0.2, 0.25) is 0 Å². The number of nitrogens with zero attached hydrogens (tertiary/aromatic N) is 30. The van der Waals surface area contributed by atoms with E-state index >= 15 is 4.79 Å². The van der Waals surface area contributed by atoms with Crippen molar-refractivity contribution in [1.82, 2.24) is 0 Å². The average Bonchev–Trinajstić information content (AvgIpc) is 0.609. The number of hydrogen-bond acceptors (Lipinski definition) is 31. The van der Waals surface area contributed by atoms with Gasteiger partial charge < -0.3 is 5.11 Å². The minimum atomic E-state index is -6.51. The lowest BCUT2D eigenvalue weighted by molar-refractivity contribution is -0.328. The third-order valence-electron chi connectivity index (χ3n) is 18.1. The standard InChI is InChI=1S/C62H34N30O2/c63-17-1-47(33-79)56(41-87,16-32-78)60(45-91,55(40-86,14-30-76)15-31-77)62(48(93)94,59(44-90,53(38-84,10-26-72)11-27-73)54(39-85,12-28-74)13-29-75)61(46-92,57(42-88,49(34-80,2-18-64)3-19-65)50(35-81,4-20-66)5-21-67)58(43-89,51(36-82,6-22-68)7-23-69)52(37-83,8-24-70)9-25-71/h47H,1-16H2,(H,93,94). The van der Waals surface area contributed by atoms with Crippen LogP contribution in [0.3, 0.4) is 0 Å². The molecule has 1 N–H and O–H groups in total. The Labute approximate surface area is 538 Å². The lowest BCUT2D eigenvalue weighted by atomic mass is 9.15. The molecule has 0 aromatic heterocycles. The predicted octanol–water partition coefficient (Wildman–Crippen LogP) is 6.45. The fraction of sp³-hybridized carbons (Fsp3) is 0.500. The fourth-order valence-electron chi connectivity index (χ4n) is 14.8. The number of carbonyl (C=O) groups is 1. The van der Waals surface area contributed by atoms with E-state index in [2.05, 4.69) is 0 Å². The first kappa shape index (κ1) is 78.2. The van der Waals surface area contributed by atoms with Gasteiger partial charge in [0.1, 0.15) is 75.8 Å². The highest BCUT2D eigenvalue weighted by molar-refractivity contribution is 5.86. The Morgan fingerprint density at radius 1 is 0.234 bits per heavy atom. The molecular weight excluding hydrogens is 1200 g/mol. The maximum Gasteiger partial charge on any atom is 0.314 e. The molecule has 0 heterocycles. The SMILES string of the molecule is N#CCC(C#N)C(C#N)(CC#N)C(C#N)(C(C#N)(CC#N)CC#N)C(C(=O)O)(C(C#N)(C(C#N)(CC#N)CC#N)C(C#N)(CC#N)CC#N)C(C#N)(C(C#N)(C(C#N)(CC#N)CC#N)C(C#N)(CC#N)CC#N)C(C#N)(C(C#N)(CC#N)CC#N)C(C#N)(CC#N)CC#N. The van der Waals surface area contributed by atoms with Crippen LogP contribution >= 0.6 is 0 Å². The number of carboxylic acids is 1. The van der Waals surface area contributed by atoms with Crippen molar-refractivity contribution in [2.24, 2.45) is 81.7 Å². The normalized spacial score (nSPS) is 13.1. The van der Waals surface area contributed by atoms with Crippen LogP contribution in [0.4, 0.5) is 0 Å². The molecule has 32 heteroatoms. The molecule has 0 amide bonds. The summed E-state index contributed by atoms with van der Waals surface area (Å²) >= 11 is 0. The molecule has 32 nitrogen and oxygen atoms in total. The van der Waals surface area contributed by atoms with Gasteiger partial charge in [-0.05, 0) is 0 Å². The van der Waals surface area contributed by atoms with Crippen molar-refractivity contribution in [3.8, 4) is 182 Å². The van der Waals surface area contributed by atoms with Gasteiger partial charge >= 0.3 is 5.97 Å². The molecule has 0 saturated carbocycles. The minimum Gasteiger partial charge on any atom is -0.481 e. The van der Waals surface area contributed by atoms with E-state index in [4.69, 9.17) is 0 Å². The van der Waals surface area contributed by atoms with Gasteiger partial charge in [-0.1, -0.05) is 0 Å². The Hall–Kier alpha value is -15.8. The summed E-state index contributed by atoms with van der Waals surface area (Å²) in [6, 6.07) is 37.4. The van der Waals surface area contributed by atoms with Crippen molar-refractivity contribution in [1.29, 1.82) is 158 Å². The molecular formula is C62H34N30O2. The van der Waals surface area contributed by atoms with Crippen molar-refractivity contribution in [3.05, 3.63) is 0 Å². The van der Waals surface area contributed by atoms with E-state index < -0.39 is 190 Å². The van der Waals surface area contributed by atoms with Crippen LogP contribution in [0.15, 0.2) is 0 Å². The van der Waals surface area contributed by atoms with Gasteiger partial charge in [0, 0.05) is 0 Å². The molecule has 4 unspecified atom stereocenters. The van der Waals surface area contributed by atoms with E-state index in [0.29, 0.717) is 0 Å². The van der Waals surface area contributed by atoms with E-state index in [1.165, 1.54) is 164 Å². The summed E-state index contributed by atoms with van der Waals surface area (Å²) in [5, 5.41) is 373. The summed E-state index contributed by atoms with van der Waals surface area (Å²) in [7, 11) is 0. The first-order valence-corrected chi connectivity index (χ1v) is 25.8. The highest BCUT2D eigenvalue weighted by Crippen LogP contribution is 2.92. The van der Waals surface area contributed by atoms with Crippen molar-refractivity contribution in [2.75, 3.05) is 0 Å². The van der Waals surface area contributed by atoms with Gasteiger partial charge in [-0.25, -0.2) is 0 Å². The van der Waals surface area contributed by atoms with Crippen LogP contribution in [0.25, 0.3) is 0 Å². The smallest absolute Gasteiger partial charge is 0.314 e. The predicted molar refractivity (Wildman–Crippen MR) is 287 cm³/mol. The van der Waals surface area contributed by atoms with Crippen LogP contribution in [0.1, 0.15) is 103 Å². The Kier molecular flexibility index (Phi) is 25.8. The lowest BCUT2D eigenvalue weighted by Gasteiger charge is -2.77. The average molecular weight is 1230 g/mol.